The molecule has 0 fully saturated rings. The zero-order chi connectivity index (χ0) is 18.6. The maximum absolute atomic E-state index is 13.7. The van der Waals surface area contributed by atoms with Crippen LogP contribution in [0.4, 0.5) is 8.78 Å². The molecule has 0 aliphatic heterocycles. The van der Waals surface area contributed by atoms with E-state index in [0.29, 0.717) is 5.75 Å². The normalized spacial score (nSPS) is 10.2. The van der Waals surface area contributed by atoms with Crippen molar-refractivity contribution in [2.45, 2.75) is 0 Å². The minimum atomic E-state index is -1.92. The van der Waals surface area contributed by atoms with Crippen LogP contribution in [0.5, 0.6) is 28.7 Å². The van der Waals surface area contributed by atoms with Crippen molar-refractivity contribution >= 4 is 5.57 Å². The summed E-state index contributed by atoms with van der Waals surface area (Å²) in [6.07, 6.45) is -1.92. The van der Waals surface area contributed by atoms with E-state index in [0.717, 1.165) is 0 Å². The first-order chi connectivity index (χ1) is 12.0. The Hall–Kier alpha value is -2.96. The minimum absolute atomic E-state index is 0.118. The number of benzene rings is 2. The van der Waals surface area contributed by atoms with E-state index in [4.69, 9.17) is 18.9 Å². The summed E-state index contributed by atoms with van der Waals surface area (Å²) in [6.45, 7) is 0. The molecule has 0 saturated heterocycles. The summed E-state index contributed by atoms with van der Waals surface area (Å²) in [5, 5.41) is 9.89. The molecular formula is C18H18F2O5. The summed E-state index contributed by atoms with van der Waals surface area (Å²) in [5.41, 5.74) is -0.0937. The molecule has 0 unspecified atom stereocenters. The van der Waals surface area contributed by atoms with E-state index in [2.05, 4.69) is 0 Å². The van der Waals surface area contributed by atoms with Crippen LogP contribution < -0.4 is 18.9 Å². The fourth-order valence-electron chi connectivity index (χ4n) is 2.46. The molecule has 0 atom stereocenters. The predicted molar refractivity (Wildman–Crippen MR) is 89.0 cm³/mol. The highest BCUT2D eigenvalue weighted by Gasteiger charge is 2.20. The number of phenolic OH excluding ortho intramolecular Hbond substituents is 1. The van der Waals surface area contributed by atoms with Gasteiger partial charge in [0.05, 0.1) is 34.0 Å². The van der Waals surface area contributed by atoms with Crippen LogP contribution in [0.1, 0.15) is 11.1 Å². The Morgan fingerprint density at radius 1 is 0.760 bits per heavy atom. The maximum atomic E-state index is 13.7. The Kier molecular flexibility index (Phi) is 5.69. The average Bonchev–Trinajstić information content (AvgIpc) is 2.60. The van der Waals surface area contributed by atoms with Crippen LogP contribution >= 0.6 is 0 Å². The molecule has 5 nitrogen and oxygen atoms in total. The molecule has 134 valence electrons. The van der Waals surface area contributed by atoms with Crippen molar-refractivity contribution < 1.29 is 32.8 Å². The van der Waals surface area contributed by atoms with Gasteiger partial charge >= 0.3 is 0 Å². The van der Waals surface area contributed by atoms with Crippen molar-refractivity contribution in [1.29, 1.82) is 0 Å². The van der Waals surface area contributed by atoms with Gasteiger partial charge in [0.1, 0.15) is 0 Å². The molecule has 2 rings (SSSR count). The van der Waals surface area contributed by atoms with Crippen molar-refractivity contribution in [2.75, 3.05) is 28.4 Å². The average molecular weight is 352 g/mol. The molecule has 0 aliphatic carbocycles. The second kappa shape index (κ2) is 7.74. The van der Waals surface area contributed by atoms with Crippen LogP contribution in [-0.2, 0) is 0 Å². The van der Waals surface area contributed by atoms with Gasteiger partial charge in [0.25, 0.3) is 6.08 Å². The van der Waals surface area contributed by atoms with Crippen molar-refractivity contribution in [3.05, 3.63) is 47.5 Å². The summed E-state index contributed by atoms with van der Waals surface area (Å²) in [4.78, 5) is 0. The molecule has 0 aliphatic rings. The molecule has 0 heterocycles. The first kappa shape index (κ1) is 18.4. The number of ether oxygens (including phenoxy) is 4. The molecule has 25 heavy (non-hydrogen) atoms. The van der Waals surface area contributed by atoms with Gasteiger partial charge in [0.2, 0.25) is 5.75 Å². The number of phenols is 1. The highest BCUT2D eigenvalue weighted by molar-refractivity contribution is 5.83. The molecule has 0 saturated carbocycles. The number of halogens is 2. The topological polar surface area (TPSA) is 57.2 Å². The lowest BCUT2D eigenvalue weighted by Crippen LogP contribution is -1.98. The summed E-state index contributed by atoms with van der Waals surface area (Å²) in [5.74, 6) is 0.727. The summed E-state index contributed by atoms with van der Waals surface area (Å²) >= 11 is 0. The molecule has 2 aromatic carbocycles. The van der Waals surface area contributed by atoms with Gasteiger partial charge in [-0.05, 0) is 35.4 Å². The number of hydrogen-bond acceptors (Lipinski definition) is 5. The zero-order valence-corrected chi connectivity index (χ0v) is 14.2. The highest BCUT2D eigenvalue weighted by Crippen LogP contribution is 2.43. The maximum Gasteiger partial charge on any atom is 0.278 e. The second-order valence-electron chi connectivity index (χ2n) is 4.94. The van der Waals surface area contributed by atoms with E-state index in [9.17, 15) is 13.9 Å². The molecular weight excluding hydrogens is 334 g/mol. The van der Waals surface area contributed by atoms with Crippen molar-refractivity contribution in [1.82, 2.24) is 0 Å². The SMILES string of the molecule is COc1ccc(C(=C(F)F)c2cc(OC)c(OC)c(OC)c2)cc1O. The largest absolute Gasteiger partial charge is 0.504 e. The molecule has 0 spiro atoms. The van der Waals surface area contributed by atoms with E-state index < -0.39 is 6.08 Å². The van der Waals surface area contributed by atoms with Crippen LogP contribution in [0.15, 0.2) is 36.4 Å². The molecule has 0 aromatic heterocycles. The summed E-state index contributed by atoms with van der Waals surface area (Å²) < 4.78 is 47.9. The van der Waals surface area contributed by atoms with Gasteiger partial charge in [-0.2, -0.15) is 8.78 Å². The zero-order valence-electron chi connectivity index (χ0n) is 14.2. The van der Waals surface area contributed by atoms with Crippen molar-refractivity contribution in [3.63, 3.8) is 0 Å². The molecule has 0 bridgehead atoms. The fourth-order valence-corrected chi connectivity index (χ4v) is 2.46. The summed E-state index contributed by atoms with van der Waals surface area (Å²) in [7, 11) is 5.60. The Morgan fingerprint density at radius 2 is 1.32 bits per heavy atom. The molecule has 2 aromatic rings. The molecule has 0 radical (unpaired) electrons. The van der Waals surface area contributed by atoms with E-state index in [1.807, 2.05) is 0 Å². The third-order valence-electron chi connectivity index (χ3n) is 3.61. The number of aromatic hydroxyl groups is 1. The second-order valence-corrected chi connectivity index (χ2v) is 4.94. The minimum Gasteiger partial charge on any atom is -0.504 e. The highest BCUT2D eigenvalue weighted by atomic mass is 19.3. The third-order valence-corrected chi connectivity index (χ3v) is 3.61. The van der Waals surface area contributed by atoms with Crippen LogP contribution in [0.25, 0.3) is 5.57 Å². The van der Waals surface area contributed by atoms with E-state index in [1.165, 1.54) is 58.8 Å². The standard InChI is InChI=1S/C18H18F2O5/c1-22-13-6-5-10(7-12(13)21)16(18(19)20)11-8-14(23-2)17(25-4)15(9-11)24-3/h5-9,21H,1-4H3. The van der Waals surface area contributed by atoms with Gasteiger partial charge in [0, 0.05) is 0 Å². The van der Waals surface area contributed by atoms with Gasteiger partial charge < -0.3 is 24.1 Å². The smallest absolute Gasteiger partial charge is 0.278 e. The van der Waals surface area contributed by atoms with Crippen LogP contribution in [0.2, 0.25) is 0 Å². The lowest BCUT2D eigenvalue weighted by Gasteiger charge is -2.16. The molecule has 7 heteroatoms. The number of methoxy groups -OCH3 is 4. The Labute approximate surface area is 144 Å². The summed E-state index contributed by atoms with van der Waals surface area (Å²) in [6, 6.07) is 6.87. The Bertz CT molecular complexity index is 773. The lowest BCUT2D eigenvalue weighted by atomic mass is 9.97. The van der Waals surface area contributed by atoms with Gasteiger partial charge in [-0.25, -0.2) is 0 Å². The van der Waals surface area contributed by atoms with E-state index in [-0.39, 0.29) is 39.7 Å². The quantitative estimate of drug-likeness (QED) is 0.849. The van der Waals surface area contributed by atoms with Gasteiger partial charge in [-0.3, -0.25) is 0 Å². The van der Waals surface area contributed by atoms with Gasteiger partial charge in [-0.15, -0.1) is 0 Å². The van der Waals surface area contributed by atoms with Crippen molar-refractivity contribution in [2.24, 2.45) is 0 Å². The first-order valence-corrected chi connectivity index (χ1v) is 7.19. The van der Waals surface area contributed by atoms with Crippen LogP contribution in [0.3, 0.4) is 0 Å². The van der Waals surface area contributed by atoms with Gasteiger partial charge in [-0.1, -0.05) is 6.07 Å². The fraction of sp³-hybridized carbons (Fsp3) is 0.222. The van der Waals surface area contributed by atoms with Crippen LogP contribution in [0, 0.1) is 0 Å². The Morgan fingerprint density at radius 3 is 1.72 bits per heavy atom. The monoisotopic (exact) mass is 352 g/mol. The molecule has 1 N–H and O–H groups in total. The Balaban J connectivity index is 2.67. The van der Waals surface area contributed by atoms with E-state index in [1.54, 1.807) is 0 Å². The molecule has 0 amide bonds. The van der Waals surface area contributed by atoms with Gasteiger partial charge in [0.15, 0.2) is 23.0 Å². The van der Waals surface area contributed by atoms with Crippen LogP contribution in [-0.4, -0.2) is 33.5 Å². The lowest BCUT2D eigenvalue weighted by molar-refractivity contribution is 0.324. The number of rotatable bonds is 6. The first-order valence-electron chi connectivity index (χ1n) is 7.19. The predicted octanol–water partition coefficient (Wildman–Crippen LogP) is 4.08. The van der Waals surface area contributed by atoms with Crippen molar-refractivity contribution in [3.8, 4) is 28.7 Å². The van der Waals surface area contributed by atoms with E-state index >= 15 is 0 Å². The number of hydrogen-bond donors (Lipinski definition) is 1. The third kappa shape index (κ3) is 3.60.